The van der Waals surface area contributed by atoms with Crippen LogP contribution in [0.4, 0.5) is 5.69 Å². The van der Waals surface area contributed by atoms with Gasteiger partial charge in [0.2, 0.25) is 0 Å². The maximum atomic E-state index is 11.1. The minimum atomic E-state index is -1.04. The number of non-ortho nitro benzene ring substituents is 1. The summed E-state index contributed by atoms with van der Waals surface area (Å²) < 4.78 is 12.2. The Morgan fingerprint density at radius 3 is 2.41 bits per heavy atom. The van der Waals surface area contributed by atoms with Gasteiger partial charge in [0.15, 0.2) is 11.5 Å². The number of hydrogen-bond donors (Lipinski definition) is 1. The van der Waals surface area contributed by atoms with Crippen LogP contribution in [0.1, 0.15) is 34.0 Å². The van der Waals surface area contributed by atoms with Crippen LogP contribution in [0.5, 0.6) is 11.5 Å². The lowest BCUT2D eigenvalue weighted by molar-refractivity contribution is -0.384. The Morgan fingerprint density at radius 2 is 1.79 bits per heavy atom. The monoisotopic (exact) mass is 522 g/mol. The van der Waals surface area contributed by atoms with E-state index in [1.54, 1.807) is 42.5 Å². The summed E-state index contributed by atoms with van der Waals surface area (Å²) in [5, 5.41) is 29.7. The minimum Gasteiger partial charge on any atom is -0.490 e. The second kappa shape index (κ2) is 11.1. The Morgan fingerprint density at radius 1 is 1.12 bits per heavy atom. The van der Waals surface area contributed by atoms with Crippen molar-refractivity contribution in [3.63, 3.8) is 0 Å². The zero-order valence-electron chi connectivity index (χ0n) is 18.0. The van der Waals surface area contributed by atoms with Gasteiger partial charge in [-0.15, -0.1) is 0 Å². The van der Waals surface area contributed by atoms with E-state index in [1.807, 2.05) is 6.92 Å². The number of aromatic carboxylic acids is 1. The zero-order valence-corrected chi connectivity index (χ0v) is 19.6. The molecule has 0 aliphatic rings. The van der Waals surface area contributed by atoms with Gasteiger partial charge in [0, 0.05) is 16.6 Å². The highest BCUT2D eigenvalue weighted by Gasteiger charge is 2.13. The molecule has 8 nitrogen and oxygen atoms in total. The second-order valence-electron chi connectivity index (χ2n) is 7.02. The van der Waals surface area contributed by atoms with E-state index >= 15 is 0 Å². The van der Waals surface area contributed by atoms with E-state index in [0.717, 1.165) is 0 Å². The van der Waals surface area contributed by atoms with Gasteiger partial charge in [-0.3, -0.25) is 10.1 Å². The number of halogens is 1. The molecule has 3 aromatic rings. The number of nitro benzene ring substituents is 1. The largest absolute Gasteiger partial charge is 0.490 e. The van der Waals surface area contributed by atoms with Gasteiger partial charge in [0.25, 0.3) is 5.69 Å². The predicted octanol–water partition coefficient (Wildman–Crippen LogP) is 6.10. The molecule has 0 fully saturated rings. The van der Waals surface area contributed by atoms with Crippen LogP contribution in [0.3, 0.4) is 0 Å². The molecule has 9 heteroatoms. The van der Waals surface area contributed by atoms with Gasteiger partial charge in [-0.1, -0.05) is 40.2 Å². The minimum absolute atomic E-state index is 0.0202. The SMILES string of the molecule is CCOc1cc(/C=C(/C#N)c2ccc(C(=O)O)cc2)c(Br)cc1OCc1cccc([N+](=O)[O-])c1. The van der Waals surface area contributed by atoms with Crippen LogP contribution in [-0.4, -0.2) is 22.6 Å². The number of allylic oxidation sites excluding steroid dienone is 1. The Balaban J connectivity index is 1.90. The molecule has 0 bridgehead atoms. The van der Waals surface area contributed by atoms with Crippen molar-refractivity contribution in [3.05, 3.63) is 97.5 Å². The van der Waals surface area contributed by atoms with Gasteiger partial charge < -0.3 is 14.6 Å². The summed E-state index contributed by atoms with van der Waals surface area (Å²) in [5.41, 5.74) is 2.31. The maximum Gasteiger partial charge on any atom is 0.335 e. The van der Waals surface area contributed by atoms with Crippen molar-refractivity contribution in [1.29, 1.82) is 5.26 Å². The number of carboxylic acid groups (broad SMARTS) is 1. The van der Waals surface area contributed by atoms with Crippen molar-refractivity contribution in [2.75, 3.05) is 6.61 Å². The number of nitriles is 1. The van der Waals surface area contributed by atoms with Crippen molar-refractivity contribution in [2.24, 2.45) is 0 Å². The van der Waals surface area contributed by atoms with Gasteiger partial charge in [-0.05, 0) is 54.0 Å². The normalized spacial score (nSPS) is 10.9. The average Bonchev–Trinajstić information content (AvgIpc) is 2.83. The lowest BCUT2D eigenvalue weighted by Gasteiger charge is -2.14. The van der Waals surface area contributed by atoms with Crippen LogP contribution in [0.2, 0.25) is 0 Å². The van der Waals surface area contributed by atoms with Gasteiger partial charge in [-0.2, -0.15) is 5.26 Å². The lowest BCUT2D eigenvalue weighted by atomic mass is 10.0. The molecule has 0 aromatic heterocycles. The first kappa shape index (κ1) is 24.5. The van der Waals surface area contributed by atoms with Crippen LogP contribution < -0.4 is 9.47 Å². The topological polar surface area (TPSA) is 123 Å². The number of carboxylic acids is 1. The molecule has 0 amide bonds. The van der Waals surface area contributed by atoms with Crippen molar-refractivity contribution >= 4 is 39.2 Å². The van der Waals surface area contributed by atoms with E-state index in [1.165, 1.54) is 24.3 Å². The van der Waals surface area contributed by atoms with Crippen molar-refractivity contribution < 1.29 is 24.3 Å². The molecule has 1 N–H and O–H groups in total. The number of carbonyl (C=O) groups is 1. The third kappa shape index (κ3) is 5.99. The number of nitrogens with zero attached hydrogens (tertiary/aromatic N) is 2. The molecule has 0 spiro atoms. The number of hydrogen-bond acceptors (Lipinski definition) is 6. The second-order valence-corrected chi connectivity index (χ2v) is 7.88. The van der Waals surface area contributed by atoms with E-state index in [4.69, 9.17) is 14.6 Å². The summed E-state index contributed by atoms with van der Waals surface area (Å²) in [7, 11) is 0. The van der Waals surface area contributed by atoms with E-state index in [2.05, 4.69) is 22.0 Å². The fourth-order valence-electron chi connectivity index (χ4n) is 3.09. The third-order valence-corrected chi connectivity index (χ3v) is 5.43. The molecular weight excluding hydrogens is 504 g/mol. The Labute approximate surface area is 204 Å². The van der Waals surface area contributed by atoms with E-state index < -0.39 is 10.9 Å². The first-order chi connectivity index (χ1) is 16.3. The Kier molecular flexibility index (Phi) is 8.01. The number of rotatable bonds is 9. The van der Waals surface area contributed by atoms with Gasteiger partial charge >= 0.3 is 5.97 Å². The highest BCUT2D eigenvalue weighted by atomic mass is 79.9. The van der Waals surface area contributed by atoms with Crippen LogP contribution >= 0.6 is 15.9 Å². The Hall–Kier alpha value is -4.16. The summed E-state index contributed by atoms with van der Waals surface area (Å²) in [6.45, 7) is 2.30. The standard InChI is InChI=1S/C25H19BrN2O6/c1-2-33-23-12-19(11-20(14-27)17-6-8-18(9-7-17)25(29)30)22(26)13-24(23)34-15-16-4-3-5-21(10-16)28(31)32/h3-13H,2,15H2,1H3,(H,29,30)/b20-11-. The summed E-state index contributed by atoms with van der Waals surface area (Å²) in [5.74, 6) is -0.165. The molecule has 0 radical (unpaired) electrons. The van der Waals surface area contributed by atoms with Crippen LogP contribution in [-0.2, 0) is 6.61 Å². The molecule has 0 saturated carbocycles. The van der Waals surface area contributed by atoms with E-state index in [0.29, 0.717) is 44.8 Å². The van der Waals surface area contributed by atoms with Gasteiger partial charge in [0.1, 0.15) is 6.61 Å². The fraction of sp³-hybridized carbons (Fsp3) is 0.120. The number of ether oxygens (including phenoxy) is 2. The first-order valence-corrected chi connectivity index (χ1v) is 10.9. The molecule has 3 rings (SSSR count). The van der Waals surface area contributed by atoms with E-state index in [9.17, 15) is 20.2 Å². The number of benzene rings is 3. The third-order valence-electron chi connectivity index (χ3n) is 4.74. The van der Waals surface area contributed by atoms with Crippen LogP contribution in [0.15, 0.2) is 65.1 Å². The molecule has 0 heterocycles. The molecule has 34 heavy (non-hydrogen) atoms. The van der Waals surface area contributed by atoms with Crippen LogP contribution in [0, 0.1) is 21.4 Å². The molecular formula is C25H19BrN2O6. The van der Waals surface area contributed by atoms with Gasteiger partial charge in [-0.25, -0.2) is 4.79 Å². The van der Waals surface area contributed by atoms with Gasteiger partial charge in [0.05, 0.1) is 28.7 Å². The predicted molar refractivity (Wildman–Crippen MR) is 130 cm³/mol. The molecule has 0 unspecified atom stereocenters. The molecule has 0 atom stereocenters. The maximum absolute atomic E-state index is 11.1. The zero-order chi connectivity index (χ0) is 24.7. The summed E-state index contributed by atoms with van der Waals surface area (Å²) in [4.78, 5) is 21.6. The first-order valence-electron chi connectivity index (χ1n) is 10.1. The molecule has 0 aliphatic carbocycles. The average molecular weight is 523 g/mol. The molecule has 172 valence electrons. The van der Waals surface area contributed by atoms with Crippen molar-refractivity contribution in [2.45, 2.75) is 13.5 Å². The summed E-state index contributed by atoms with van der Waals surface area (Å²) in [6, 6.07) is 17.8. The molecule has 0 saturated heterocycles. The number of nitro groups is 1. The smallest absolute Gasteiger partial charge is 0.335 e. The fourth-order valence-corrected chi connectivity index (χ4v) is 3.53. The highest BCUT2D eigenvalue weighted by molar-refractivity contribution is 9.10. The molecule has 3 aromatic carbocycles. The quantitative estimate of drug-likeness (QED) is 0.156. The molecule has 0 aliphatic heterocycles. The lowest BCUT2D eigenvalue weighted by Crippen LogP contribution is -2.01. The van der Waals surface area contributed by atoms with Crippen molar-refractivity contribution in [1.82, 2.24) is 0 Å². The van der Waals surface area contributed by atoms with E-state index in [-0.39, 0.29) is 17.9 Å². The Bertz CT molecular complexity index is 1300. The highest BCUT2D eigenvalue weighted by Crippen LogP contribution is 2.36. The summed E-state index contributed by atoms with van der Waals surface area (Å²) in [6.07, 6.45) is 1.66. The van der Waals surface area contributed by atoms with Crippen molar-refractivity contribution in [3.8, 4) is 17.6 Å². The van der Waals surface area contributed by atoms with Crippen LogP contribution in [0.25, 0.3) is 11.6 Å². The summed E-state index contributed by atoms with van der Waals surface area (Å²) >= 11 is 3.49.